The lowest BCUT2D eigenvalue weighted by molar-refractivity contribution is -0.247. The SMILES string of the molecule is COc1cccc2c1C(=O)c1c(O)c3c(c(O)c1C2=O)C[C@@](O)(C(=O)CO)C[C@@H]3O[C@H]1C[C@H]2[C@H](O[C@@H]3C(Sc4cc(O)n(CC5CCC(C(=O)On6c(O)ccc6O)CC5)c4O)OCCN32)[C@H](C)O1. The average molecular weight is 978 g/mol. The van der Waals surface area contributed by atoms with E-state index in [9.17, 15) is 60.0 Å². The Morgan fingerprint density at radius 2 is 1.64 bits per heavy atom. The number of phenols is 2. The normalized spacial score (nSPS) is 29.7. The van der Waals surface area contributed by atoms with E-state index in [0.717, 1.165) is 0 Å². The summed E-state index contributed by atoms with van der Waals surface area (Å²) in [6, 6.07) is 7.88. The Labute approximate surface area is 397 Å². The first-order valence-electron chi connectivity index (χ1n) is 22.7. The smallest absolute Gasteiger partial charge is 0.336 e. The summed E-state index contributed by atoms with van der Waals surface area (Å²) in [5, 5.41) is 87.5. The van der Waals surface area contributed by atoms with Crippen molar-refractivity contribution in [3.05, 3.63) is 69.8 Å². The van der Waals surface area contributed by atoms with E-state index in [1.807, 2.05) is 0 Å². The van der Waals surface area contributed by atoms with Gasteiger partial charge in [-0.15, -0.1) is 4.73 Å². The first-order chi connectivity index (χ1) is 33.0. The van der Waals surface area contributed by atoms with Gasteiger partial charge in [0, 0.05) is 73.3 Å². The lowest BCUT2D eigenvalue weighted by atomic mass is 9.72. The van der Waals surface area contributed by atoms with Crippen LogP contribution >= 0.6 is 11.8 Å². The number of aromatic nitrogens is 2. The molecule has 10 rings (SSSR count). The van der Waals surface area contributed by atoms with Gasteiger partial charge in [-0.3, -0.25) is 23.9 Å². The van der Waals surface area contributed by atoms with Crippen molar-refractivity contribution >= 4 is 35.1 Å². The van der Waals surface area contributed by atoms with Gasteiger partial charge in [0.05, 0.1) is 53.4 Å². The molecule has 69 heavy (non-hydrogen) atoms. The number of aliphatic hydroxyl groups is 2. The highest BCUT2D eigenvalue weighted by molar-refractivity contribution is 8.00. The zero-order valence-electron chi connectivity index (χ0n) is 37.3. The molecule has 21 nitrogen and oxygen atoms in total. The van der Waals surface area contributed by atoms with Crippen LogP contribution in [0.2, 0.25) is 0 Å². The van der Waals surface area contributed by atoms with E-state index in [0.29, 0.717) is 41.9 Å². The van der Waals surface area contributed by atoms with Gasteiger partial charge in [-0.25, -0.2) is 4.79 Å². The molecule has 1 unspecified atom stereocenters. The number of ketones is 3. The Morgan fingerprint density at radius 1 is 0.913 bits per heavy atom. The molecule has 4 fully saturated rings. The number of hydrogen-bond donors (Lipinski definition) is 8. The number of nitrogens with zero attached hydrogens (tertiary/aromatic N) is 3. The maximum absolute atomic E-state index is 14.1. The van der Waals surface area contributed by atoms with Gasteiger partial charge >= 0.3 is 5.97 Å². The maximum atomic E-state index is 14.1. The summed E-state index contributed by atoms with van der Waals surface area (Å²) in [6.45, 7) is 1.70. The first kappa shape index (κ1) is 46.9. The number of aromatic hydroxyl groups is 6. The Bertz CT molecular complexity index is 2730. The highest BCUT2D eigenvalue weighted by Gasteiger charge is 2.55. The molecule has 0 bridgehead atoms. The van der Waals surface area contributed by atoms with Crippen LogP contribution in [0.5, 0.6) is 40.8 Å². The Balaban J connectivity index is 0.844. The van der Waals surface area contributed by atoms with Gasteiger partial charge < -0.3 is 69.4 Å². The van der Waals surface area contributed by atoms with E-state index in [1.165, 1.54) is 59.8 Å². The van der Waals surface area contributed by atoms with Gasteiger partial charge in [-0.1, -0.05) is 23.9 Å². The van der Waals surface area contributed by atoms with Gasteiger partial charge in [0.15, 0.2) is 23.7 Å². The van der Waals surface area contributed by atoms with Crippen molar-refractivity contribution in [1.82, 2.24) is 14.2 Å². The van der Waals surface area contributed by atoms with E-state index in [1.54, 1.807) is 6.92 Å². The largest absolute Gasteiger partial charge is 0.507 e. The highest BCUT2D eigenvalue weighted by Crippen LogP contribution is 2.53. The predicted octanol–water partition coefficient (Wildman–Crippen LogP) is 2.74. The fraction of sp³-hybridized carbons (Fsp3) is 0.489. The van der Waals surface area contributed by atoms with Crippen LogP contribution in [0.15, 0.2) is 41.3 Å². The molecule has 1 saturated carbocycles. The van der Waals surface area contributed by atoms with E-state index in [-0.39, 0.29) is 71.3 Å². The second kappa shape index (κ2) is 17.8. The fourth-order valence-electron chi connectivity index (χ4n) is 11.0. The third kappa shape index (κ3) is 7.86. The van der Waals surface area contributed by atoms with E-state index in [2.05, 4.69) is 4.90 Å². The average Bonchev–Trinajstić information content (AvgIpc) is 3.96. The number of phenolic OH excluding ortho intramolecular Hbond substituents is 2. The third-order valence-corrected chi connectivity index (χ3v) is 15.6. The van der Waals surface area contributed by atoms with Gasteiger partial charge in [0.1, 0.15) is 47.2 Å². The monoisotopic (exact) mass is 977 g/mol. The van der Waals surface area contributed by atoms with Crippen LogP contribution in [0.25, 0.3) is 0 Å². The second-order valence-corrected chi connectivity index (χ2v) is 19.6. The van der Waals surface area contributed by atoms with Crippen LogP contribution < -0.4 is 9.57 Å². The number of hydrogen-bond acceptors (Lipinski definition) is 20. The molecule has 0 radical (unpaired) electrons. The van der Waals surface area contributed by atoms with Crippen molar-refractivity contribution in [1.29, 1.82) is 0 Å². The van der Waals surface area contributed by atoms with E-state index in [4.69, 9.17) is 28.5 Å². The highest BCUT2D eigenvalue weighted by atomic mass is 32.2. The lowest BCUT2D eigenvalue weighted by Gasteiger charge is -2.43. The minimum absolute atomic E-state index is 0.00297. The van der Waals surface area contributed by atoms with Crippen LogP contribution in [-0.4, -0.2) is 147 Å². The Morgan fingerprint density at radius 3 is 2.35 bits per heavy atom. The summed E-state index contributed by atoms with van der Waals surface area (Å²) in [6.07, 6.45) is -3.13. The van der Waals surface area contributed by atoms with Crippen molar-refractivity contribution in [2.45, 2.75) is 111 Å². The number of methoxy groups -OCH3 is 1. The Kier molecular flexibility index (Phi) is 12.1. The summed E-state index contributed by atoms with van der Waals surface area (Å²) >= 11 is 1.17. The van der Waals surface area contributed by atoms with Crippen LogP contribution in [0.3, 0.4) is 0 Å². The summed E-state index contributed by atoms with van der Waals surface area (Å²) in [7, 11) is 1.32. The zero-order chi connectivity index (χ0) is 48.8. The number of ether oxygens (including phenoxy) is 5. The molecule has 0 spiro atoms. The molecular weight excluding hydrogens is 927 g/mol. The molecule has 5 heterocycles. The topological polar surface area (TPSA) is 299 Å². The number of carbonyl (C=O) groups excluding carboxylic acids is 4. The van der Waals surface area contributed by atoms with E-state index >= 15 is 0 Å². The minimum Gasteiger partial charge on any atom is -0.507 e. The van der Waals surface area contributed by atoms with Crippen LogP contribution in [-0.2, 0) is 41.5 Å². The number of benzene rings is 2. The molecule has 8 atom stereocenters. The molecule has 3 saturated heterocycles. The molecule has 0 amide bonds. The number of thioether (sulfide) groups is 1. The van der Waals surface area contributed by atoms with Crippen molar-refractivity contribution in [3.8, 4) is 40.8 Å². The van der Waals surface area contributed by atoms with Crippen LogP contribution in [0.4, 0.5) is 0 Å². The lowest BCUT2D eigenvalue weighted by Crippen LogP contribution is -2.54. The summed E-state index contributed by atoms with van der Waals surface area (Å²) < 4.78 is 33.1. The molecule has 8 N–H and O–H groups in total. The summed E-state index contributed by atoms with van der Waals surface area (Å²) in [5.74, 6) is -6.11. The van der Waals surface area contributed by atoms with Gasteiger partial charge in [0.25, 0.3) is 0 Å². The third-order valence-electron chi connectivity index (χ3n) is 14.5. The second-order valence-electron chi connectivity index (χ2n) is 18.4. The maximum Gasteiger partial charge on any atom is 0.336 e. The van der Waals surface area contributed by atoms with Gasteiger partial charge in [-0.2, -0.15) is 0 Å². The molecule has 2 aromatic carbocycles. The number of carbonyl (C=O) groups is 4. The quantitative estimate of drug-likeness (QED) is 0.0883. The Hall–Kier alpha value is -5.85. The molecule has 6 aliphatic rings. The molecule has 22 heteroatoms. The van der Waals surface area contributed by atoms with Crippen molar-refractivity contribution in [2.75, 3.05) is 26.9 Å². The van der Waals surface area contributed by atoms with Gasteiger partial charge in [-0.05, 0) is 44.6 Å². The number of fused-ring (bicyclic) bond motifs is 6. The number of Topliss-reactive ketones (excluding diaryl/α,β-unsaturated/α-hetero) is 1. The molecular formula is C47H51N3O18S. The van der Waals surface area contributed by atoms with Crippen molar-refractivity contribution < 1.29 is 88.6 Å². The van der Waals surface area contributed by atoms with Crippen LogP contribution in [0.1, 0.15) is 94.5 Å². The van der Waals surface area contributed by atoms with Gasteiger partial charge in [0.2, 0.25) is 23.4 Å². The molecule has 3 aliphatic heterocycles. The fourth-order valence-corrected chi connectivity index (χ4v) is 12.1. The predicted molar refractivity (Wildman–Crippen MR) is 235 cm³/mol. The minimum atomic E-state index is -2.32. The molecule has 2 aromatic heterocycles. The number of rotatable bonds is 11. The van der Waals surface area contributed by atoms with Crippen molar-refractivity contribution in [2.24, 2.45) is 11.8 Å². The molecule has 4 aromatic rings. The zero-order valence-corrected chi connectivity index (χ0v) is 38.2. The van der Waals surface area contributed by atoms with E-state index < -0.39 is 125 Å². The first-order valence-corrected chi connectivity index (χ1v) is 23.6. The number of aliphatic hydroxyl groups excluding tert-OH is 1. The number of morpholine rings is 1. The van der Waals surface area contributed by atoms with Crippen molar-refractivity contribution in [3.63, 3.8) is 0 Å². The molecule has 368 valence electrons. The standard InChI is InChI=1S/C47H51N3O18S/c1-20-42-25(48-12-13-64-46(44(48)67-42)69-28-15-32(55)49(43(28)60)18-21-6-8-22(9-7-21)45(61)68-50-30(53)10-11-31(50)54)14-33(65-20)66-27-17-47(62,29(52)19-51)16-24-35(27)41(59)37-36(39(24)57)38(56)23-4-3-5-26(63-2)34(23)40(37)58/h3-5,10-11,15,20-22,25,27,33,42,44,46,51,53-55,57,59-60,62H,6-9,12-14,16-19H2,1-2H3/t20-,21?,22?,25-,27-,33-,42+,44+,46?,47-/m0/s1. The van der Waals surface area contributed by atoms with Crippen LogP contribution in [0, 0.1) is 11.8 Å². The molecule has 3 aliphatic carbocycles. The summed E-state index contributed by atoms with van der Waals surface area (Å²) in [5.41, 5.74) is -4.50. The summed E-state index contributed by atoms with van der Waals surface area (Å²) in [4.78, 5) is 61.6.